The van der Waals surface area contributed by atoms with E-state index in [0.29, 0.717) is 0 Å². The Morgan fingerprint density at radius 2 is 1.68 bits per heavy atom. The Kier molecular flexibility index (Phi) is 5.93. The standard InChI is InChI=1S/C15H25NO6/c1-8(2)21-13(17)10-6-11(14(18)22-9(3)4)15(5,19)7-12(10)16-20/h8-11,19-20H,6-7H2,1-5H3. The van der Waals surface area contributed by atoms with Crippen molar-refractivity contribution in [2.24, 2.45) is 17.0 Å². The second-order valence-electron chi connectivity index (χ2n) is 6.44. The van der Waals surface area contributed by atoms with Crippen molar-refractivity contribution < 1.29 is 29.4 Å². The van der Waals surface area contributed by atoms with Crippen LogP contribution in [0.3, 0.4) is 0 Å². The number of hydrogen-bond acceptors (Lipinski definition) is 7. The van der Waals surface area contributed by atoms with Crippen molar-refractivity contribution in [1.29, 1.82) is 0 Å². The van der Waals surface area contributed by atoms with E-state index in [1.165, 1.54) is 6.92 Å². The number of carbonyl (C=O) groups excluding carboxylic acids is 2. The summed E-state index contributed by atoms with van der Waals surface area (Å²) in [6.07, 6.45) is -0.754. The van der Waals surface area contributed by atoms with Gasteiger partial charge in [-0.1, -0.05) is 5.16 Å². The van der Waals surface area contributed by atoms with Gasteiger partial charge >= 0.3 is 11.9 Å². The van der Waals surface area contributed by atoms with Gasteiger partial charge in [-0.25, -0.2) is 0 Å². The molecule has 0 aliphatic heterocycles. The maximum Gasteiger partial charge on any atom is 0.315 e. The molecule has 0 aromatic heterocycles. The van der Waals surface area contributed by atoms with Gasteiger partial charge in [0.25, 0.3) is 0 Å². The fourth-order valence-corrected chi connectivity index (χ4v) is 2.56. The van der Waals surface area contributed by atoms with E-state index in [2.05, 4.69) is 5.16 Å². The molecule has 7 heteroatoms. The molecule has 2 N–H and O–H groups in total. The van der Waals surface area contributed by atoms with Gasteiger partial charge in [-0.05, 0) is 41.0 Å². The van der Waals surface area contributed by atoms with Crippen molar-refractivity contribution in [2.45, 2.75) is 65.3 Å². The van der Waals surface area contributed by atoms with E-state index in [-0.39, 0.29) is 30.8 Å². The van der Waals surface area contributed by atoms with E-state index in [9.17, 15) is 14.7 Å². The average molecular weight is 315 g/mol. The molecule has 0 aromatic rings. The van der Waals surface area contributed by atoms with Gasteiger partial charge < -0.3 is 19.8 Å². The number of nitrogens with zero attached hydrogens (tertiary/aromatic N) is 1. The van der Waals surface area contributed by atoms with Crippen LogP contribution in [-0.2, 0) is 19.1 Å². The molecule has 1 aliphatic carbocycles. The third kappa shape index (κ3) is 4.43. The van der Waals surface area contributed by atoms with E-state index in [1.54, 1.807) is 27.7 Å². The molecule has 0 aromatic carbocycles. The lowest BCUT2D eigenvalue weighted by Gasteiger charge is -2.39. The maximum absolute atomic E-state index is 12.2. The van der Waals surface area contributed by atoms with Crippen molar-refractivity contribution in [1.82, 2.24) is 0 Å². The van der Waals surface area contributed by atoms with Crippen LogP contribution in [0.4, 0.5) is 0 Å². The molecule has 0 bridgehead atoms. The molecule has 1 saturated carbocycles. The fourth-order valence-electron chi connectivity index (χ4n) is 2.56. The van der Waals surface area contributed by atoms with Crippen LogP contribution in [0.1, 0.15) is 47.5 Å². The van der Waals surface area contributed by atoms with Crippen LogP contribution in [0.25, 0.3) is 0 Å². The Bertz CT molecular complexity index is 455. The normalized spacial score (nSPS) is 30.6. The molecular weight excluding hydrogens is 290 g/mol. The third-order valence-electron chi connectivity index (χ3n) is 3.56. The summed E-state index contributed by atoms with van der Waals surface area (Å²) in [5.74, 6) is -2.89. The molecule has 3 atom stereocenters. The van der Waals surface area contributed by atoms with E-state index in [0.717, 1.165) is 0 Å². The van der Waals surface area contributed by atoms with Crippen molar-refractivity contribution in [2.75, 3.05) is 0 Å². The Labute approximate surface area is 130 Å². The lowest BCUT2D eigenvalue weighted by molar-refractivity contribution is -0.165. The molecule has 1 aliphatic rings. The van der Waals surface area contributed by atoms with E-state index < -0.39 is 29.4 Å². The highest BCUT2D eigenvalue weighted by Crippen LogP contribution is 2.37. The molecule has 1 rings (SSSR count). The summed E-state index contributed by atoms with van der Waals surface area (Å²) in [4.78, 5) is 24.3. The van der Waals surface area contributed by atoms with Gasteiger partial charge in [0, 0.05) is 6.42 Å². The Morgan fingerprint density at radius 3 is 2.14 bits per heavy atom. The minimum Gasteiger partial charge on any atom is -0.463 e. The zero-order valence-corrected chi connectivity index (χ0v) is 13.7. The average Bonchev–Trinajstić information content (AvgIpc) is 2.35. The zero-order chi connectivity index (χ0) is 17.1. The Hall–Kier alpha value is -1.63. The number of rotatable bonds is 4. The molecule has 0 radical (unpaired) electrons. The molecule has 22 heavy (non-hydrogen) atoms. The van der Waals surface area contributed by atoms with Gasteiger partial charge in [-0.2, -0.15) is 0 Å². The van der Waals surface area contributed by atoms with Gasteiger partial charge in [0.15, 0.2) is 0 Å². The van der Waals surface area contributed by atoms with Gasteiger partial charge in [0.2, 0.25) is 0 Å². The summed E-state index contributed by atoms with van der Waals surface area (Å²) < 4.78 is 10.3. The highest BCUT2D eigenvalue weighted by molar-refractivity contribution is 6.04. The number of aliphatic hydroxyl groups is 1. The quantitative estimate of drug-likeness (QED) is 0.462. The second kappa shape index (κ2) is 7.09. The Morgan fingerprint density at radius 1 is 1.18 bits per heavy atom. The molecule has 1 fully saturated rings. The van der Waals surface area contributed by atoms with Gasteiger partial charge in [-0.3, -0.25) is 9.59 Å². The highest BCUT2D eigenvalue weighted by atomic mass is 16.5. The largest absolute Gasteiger partial charge is 0.463 e. The molecule has 3 unspecified atom stereocenters. The topological polar surface area (TPSA) is 105 Å². The van der Waals surface area contributed by atoms with Crippen molar-refractivity contribution >= 4 is 17.7 Å². The highest BCUT2D eigenvalue weighted by Gasteiger charge is 2.49. The number of carbonyl (C=O) groups is 2. The van der Waals surface area contributed by atoms with Crippen molar-refractivity contribution in [3.05, 3.63) is 0 Å². The number of hydrogen-bond donors (Lipinski definition) is 2. The van der Waals surface area contributed by atoms with E-state index in [1.807, 2.05) is 0 Å². The predicted molar refractivity (Wildman–Crippen MR) is 78.5 cm³/mol. The van der Waals surface area contributed by atoms with E-state index in [4.69, 9.17) is 14.7 Å². The fraction of sp³-hybridized carbons (Fsp3) is 0.800. The minimum atomic E-state index is -1.44. The molecule has 0 spiro atoms. The van der Waals surface area contributed by atoms with Crippen LogP contribution in [0.15, 0.2) is 5.16 Å². The smallest absolute Gasteiger partial charge is 0.315 e. The van der Waals surface area contributed by atoms with Crippen LogP contribution in [0.2, 0.25) is 0 Å². The Balaban J connectivity index is 3.00. The van der Waals surface area contributed by atoms with Gasteiger partial charge in [-0.15, -0.1) is 0 Å². The summed E-state index contributed by atoms with van der Waals surface area (Å²) in [5, 5.41) is 22.7. The summed E-state index contributed by atoms with van der Waals surface area (Å²) >= 11 is 0. The maximum atomic E-state index is 12.2. The van der Waals surface area contributed by atoms with Crippen LogP contribution in [0, 0.1) is 11.8 Å². The monoisotopic (exact) mass is 315 g/mol. The molecular formula is C15H25NO6. The third-order valence-corrected chi connectivity index (χ3v) is 3.56. The van der Waals surface area contributed by atoms with Crippen LogP contribution >= 0.6 is 0 Å². The number of oxime groups is 1. The number of esters is 2. The predicted octanol–water partition coefficient (Wildman–Crippen LogP) is 1.50. The summed E-state index contributed by atoms with van der Waals surface area (Å²) in [6.45, 7) is 8.30. The SMILES string of the molecule is CC(C)OC(=O)C1CC(C(=O)OC(C)C)C(C)(O)CC1=NO. The minimum absolute atomic E-state index is 0.0104. The molecule has 0 amide bonds. The van der Waals surface area contributed by atoms with Crippen LogP contribution < -0.4 is 0 Å². The first-order chi connectivity index (χ1) is 10.1. The van der Waals surface area contributed by atoms with Crippen LogP contribution in [-0.4, -0.2) is 45.8 Å². The van der Waals surface area contributed by atoms with Crippen molar-refractivity contribution in [3.8, 4) is 0 Å². The first kappa shape index (κ1) is 18.4. The van der Waals surface area contributed by atoms with Crippen LogP contribution in [0.5, 0.6) is 0 Å². The lowest BCUT2D eigenvalue weighted by atomic mass is 9.70. The summed E-state index contributed by atoms with van der Waals surface area (Å²) in [5.41, 5.74) is -1.33. The van der Waals surface area contributed by atoms with Crippen molar-refractivity contribution in [3.63, 3.8) is 0 Å². The summed E-state index contributed by atoms with van der Waals surface area (Å²) in [6, 6.07) is 0. The van der Waals surface area contributed by atoms with E-state index >= 15 is 0 Å². The molecule has 0 saturated heterocycles. The zero-order valence-electron chi connectivity index (χ0n) is 13.7. The second-order valence-corrected chi connectivity index (χ2v) is 6.44. The first-order valence-electron chi connectivity index (χ1n) is 7.42. The molecule has 0 heterocycles. The molecule has 126 valence electrons. The molecule has 7 nitrogen and oxygen atoms in total. The van der Waals surface area contributed by atoms with Gasteiger partial charge in [0.05, 0.1) is 35.4 Å². The lowest BCUT2D eigenvalue weighted by Crippen LogP contribution is -2.51. The first-order valence-corrected chi connectivity index (χ1v) is 7.42. The summed E-state index contributed by atoms with van der Waals surface area (Å²) in [7, 11) is 0. The number of ether oxygens (including phenoxy) is 2. The van der Waals surface area contributed by atoms with Gasteiger partial charge in [0.1, 0.15) is 0 Å².